The highest BCUT2D eigenvalue weighted by Crippen LogP contribution is 2.36. The summed E-state index contributed by atoms with van der Waals surface area (Å²) in [6.07, 6.45) is 1.74. The van der Waals surface area contributed by atoms with Crippen LogP contribution in [0.15, 0.2) is 24.5 Å². The number of pyridine rings is 2. The average molecular weight is 554 g/mol. The normalized spacial score (nSPS) is 12.4. The number of hydrogen-bond donors (Lipinski definition) is 3. The minimum absolute atomic E-state index is 0.0472. The molecule has 1 saturated carbocycles. The van der Waals surface area contributed by atoms with Crippen LogP contribution in [0.3, 0.4) is 0 Å². The smallest absolute Gasteiger partial charge is 0.296 e. The van der Waals surface area contributed by atoms with Crippen LogP contribution in [-0.2, 0) is 4.74 Å². The van der Waals surface area contributed by atoms with Gasteiger partial charge in [-0.15, -0.1) is 0 Å². The second-order valence-electron chi connectivity index (χ2n) is 8.65. The fourth-order valence-electron chi connectivity index (χ4n) is 3.43. The van der Waals surface area contributed by atoms with Gasteiger partial charge in [-0.1, -0.05) is 23.2 Å². The predicted octanol–water partition coefficient (Wildman–Crippen LogP) is 5.25. The topological polar surface area (TPSA) is 137 Å². The summed E-state index contributed by atoms with van der Waals surface area (Å²) in [7, 11) is 2.84. The van der Waals surface area contributed by atoms with Gasteiger partial charge in [0.1, 0.15) is 22.1 Å². The van der Waals surface area contributed by atoms with Crippen molar-refractivity contribution in [3.8, 4) is 28.7 Å². The van der Waals surface area contributed by atoms with Crippen molar-refractivity contribution >= 4 is 40.1 Å². The minimum Gasteiger partial charge on any atom is -0.494 e. The van der Waals surface area contributed by atoms with Gasteiger partial charge in [-0.05, 0) is 31.9 Å². The Morgan fingerprint density at radius 3 is 2.62 bits per heavy atom. The second kappa shape index (κ2) is 11.5. The molecule has 0 saturated heterocycles. The quantitative estimate of drug-likeness (QED) is 0.215. The van der Waals surface area contributed by atoms with Crippen LogP contribution in [0.5, 0.6) is 5.75 Å². The van der Waals surface area contributed by atoms with Crippen molar-refractivity contribution in [3.63, 3.8) is 0 Å². The number of alkyl halides is 2. The van der Waals surface area contributed by atoms with Crippen LogP contribution in [0.2, 0.25) is 0 Å². The summed E-state index contributed by atoms with van der Waals surface area (Å²) in [5.41, 5.74) is 0.606. The Bertz CT molecular complexity index is 1510. The Morgan fingerprint density at radius 1 is 1.23 bits per heavy atom. The van der Waals surface area contributed by atoms with Gasteiger partial charge >= 0.3 is 0 Å². The Labute approximate surface area is 227 Å². The number of carbonyl (C=O) groups is 1. The maximum Gasteiger partial charge on any atom is 0.296 e. The number of aryl methyl sites for hydroxylation is 1. The van der Waals surface area contributed by atoms with E-state index >= 15 is 0 Å². The first-order valence-corrected chi connectivity index (χ1v) is 12.6. The fraction of sp³-hybridized carbons (Fsp3) is 0.308. The zero-order valence-electron chi connectivity index (χ0n) is 21.6. The highest BCUT2D eigenvalue weighted by Gasteiger charge is 2.24. The molecule has 0 aromatic carbocycles. The van der Waals surface area contributed by atoms with E-state index in [2.05, 4.69) is 32.1 Å². The molecule has 1 fully saturated rings. The monoisotopic (exact) mass is 553 g/mol. The summed E-state index contributed by atoms with van der Waals surface area (Å²) < 4.78 is 37.5. The van der Waals surface area contributed by atoms with E-state index in [0.29, 0.717) is 16.7 Å². The van der Waals surface area contributed by atoms with Gasteiger partial charge in [-0.25, -0.2) is 18.7 Å². The van der Waals surface area contributed by atoms with Gasteiger partial charge in [-0.3, -0.25) is 30.8 Å². The largest absolute Gasteiger partial charge is 0.494 e. The van der Waals surface area contributed by atoms with E-state index in [0.717, 1.165) is 30.0 Å². The van der Waals surface area contributed by atoms with Crippen molar-refractivity contribution in [1.29, 1.82) is 10.8 Å². The number of thiazole rings is 1. The van der Waals surface area contributed by atoms with E-state index < -0.39 is 24.0 Å². The van der Waals surface area contributed by atoms with E-state index in [4.69, 9.17) is 20.3 Å². The molecule has 3 aromatic heterocycles. The lowest BCUT2D eigenvalue weighted by Crippen LogP contribution is -2.30. The van der Waals surface area contributed by atoms with Crippen molar-refractivity contribution in [3.05, 3.63) is 46.4 Å². The number of rotatable bonds is 6. The van der Waals surface area contributed by atoms with Crippen molar-refractivity contribution in [2.45, 2.75) is 33.1 Å². The van der Waals surface area contributed by atoms with Crippen molar-refractivity contribution < 1.29 is 23.0 Å². The zero-order valence-corrected chi connectivity index (χ0v) is 22.4. The van der Waals surface area contributed by atoms with Crippen molar-refractivity contribution in [1.82, 2.24) is 15.0 Å². The van der Waals surface area contributed by atoms with Crippen LogP contribution in [0, 0.1) is 35.5 Å². The van der Waals surface area contributed by atoms with E-state index in [1.165, 1.54) is 49.6 Å². The fourth-order valence-corrected chi connectivity index (χ4v) is 4.25. The van der Waals surface area contributed by atoms with Crippen LogP contribution >= 0.6 is 11.3 Å². The van der Waals surface area contributed by atoms with Gasteiger partial charge in [0.05, 0.1) is 24.6 Å². The number of nitrogens with one attached hydrogen (secondary N) is 3. The van der Waals surface area contributed by atoms with Gasteiger partial charge in [0.2, 0.25) is 0 Å². The number of anilines is 2. The zero-order chi connectivity index (χ0) is 28.3. The van der Waals surface area contributed by atoms with E-state index in [9.17, 15) is 13.6 Å². The molecule has 1 aliphatic rings. The standard InChI is InChI=1S/C26H25F2N7O3S/c1-13-21(8-7-15-5-6-15)39-26(33-13)34-24(36)18-11-32-22(35(3)25(30)38-14(2)29)10-16(18)17-9-19(23(27)28)31-12-20(17)37-4/h9-12,15,23,29-30H,5-6H2,1-4H3,(H,33,34,36). The second-order valence-corrected chi connectivity index (χ2v) is 9.65. The lowest BCUT2D eigenvalue weighted by Gasteiger charge is -2.20. The van der Waals surface area contributed by atoms with Gasteiger partial charge in [0, 0.05) is 37.2 Å². The highest BCUT2D eigenvalue weighted by atomic mass is 32.1. The predicted molar refractivity (Wildman–Crippen MR) is 144 cm³/mol. The Morgan fingerprint density at radius 2 is 1.97 bits per heavy atom. The van der Waals surface area contributed by atoms with E-state index in [1.54, 1.807) is 6.92 Å². The number of aromatic nitrogens is 3. The Kier molecular flexibility index (Phi) is 8.15. The summed E-state index contributed by atoms with van der Waals surface area (Å²) >= 11 is 1.24. The maximum absolute atomic E-state index is 13.6. The van der Waals surface area contributed by atoms with E-state index in [-0.39, 0.29) is 34.2 Å². The molecule has 0 bridgehead atoms. The Hall–Kier alpha value is -4.44. The molecule has 0 unspecified atom stereocenters. The van der Waals surface area contributed by atoms with Gasteiger partial charge in [-0.2, -0.15) is 0 Å². The van der Waals surface area contributed by atoms with Gasteiger partial charge in [0.25, 0.3) is 18.4 Å². The number of nitrogens with zero attached hydrogens (tertiary/aromatic N) is 4. The van der Waals surface area contributed by atoms with Gasteiger partial charge < -0.3 is 9.47 Å². The molecule has 3 N–H and O–H groups in total. The summed E-state index contributed by atoms with van der Waals surface area (Å²) in [6, 6.07) is 2.19. The van der Waals surface area contributed by atoms with Crippen LogP contribution in [0.1, 0.15) is 52.8 Å². The molecular formula is C26H25F2N7O3S. The average Bonchev–Trinajstić information content (AvgIpc) is 3.67. The summed E-state index contributed by atoms with van der Waals surface area (Å²) in [5, 5.41) is 18.6. The van der Waals surface area contributed by atoms with E-state index in [1.807, 2.05) is 0 Å². The molecule has 0 radical (unpaired) electrons. The molecule has 1 amide bonds. The molecule has 10 nitrogen and oxygen atoms in total. The molecule has 0 aliphatic heterocycles. The third-order valence-electron chi connectivity index (χ3n) is 5.64. The Balaban J connectivity index is 1.76. The third kappa shape index (κ3) is 6.53. The number of hydrogen-bond acceptors (Lipinski definition) is 9. The first-order chi connectivity index (χ1) is 18.6. The van der Waals surface area contributed by atoms with Crippen LogP contribution < -0.4 is 15.0 Å². The molecule has 39 heavy (non-hydrogen) atoms. The van der Waals surface area contributed by atoms with Crippen molar-refractivity contribution in [2.75, 3.05) is 24.4 Å². The summed E-state index contributed by atoms with van der Waals surface area (Å²) in [4.78, 5) is 27.9. The van der Waals surface area contributed by atoms with Crippen LogP contribution in [-0.4, -0.2) is 46.9 Å². The molecule has 0 spiro atoms. The lowest BCUT2D eigenvalue weighted by atomic mass is 10.00. The molecule has 13 heteroatoms. The molecule has 4 rings (SSSR count). The highest BCUT2D eigenvalue weighted by molar-refractivity contribution is 7.16. The summed E-state index contributed by atoms with van der Waals surface area (Å²) in [6.45, 7) is 3.17. The molecule has 202 valence electrons. The molecule has 3 heterocycles. The lowest BCUT2D eigenvalue weighted by molar-refractivity contribution is 0.102. The third-order valence-corrected chi connectivity index (χ3v) is 6.63. The summed E-state index contributed by atoms with van der Waals surface area (Å²) in [5.74, 6) is 6.23. The van der Waals surface area contributed by atoms with Crippen LogP contribution in [0.25, 0.3) is 11.1 Å². The minimum atomic E-state index is -2.86. The molecule has 0 atom stereocenters. The number of halogens is 2. The SMILES string of the molecule is COc1cnc(C(F)F)cc1-c1cc(N(C)C(=N)OC(C)=N)ncc1C(=O)Nc1nc(C)c(C#CC2CC2)s1. The molecule has 3 aromatic rings. The number of amidine groups is 1. The number of ether oxygens (including phenoxy) is 2. The number of carbonyl (C=O) groups excluding carboxylic acids is 1. The molecular weight excluding hydrogens is 528 g/mol. The maximum atomic E-state index is 13.6. The first kappa shape index (κ1) is 27.6. The number of methoxy groups -OCH3 is 1. The first-order valence-electron chi connectivity index (χ1n) is 11.8. The van der Waals surface area contributed by atoms with Crippen LogP contribution in [0.4, 0.5) is 19.7 Å². The number of amides is 1. The molecule has 1 aliphatic carbocycles. The van der Waals surface area contributed by atoms with Gasteiger partial charge in [0.15, 0.2) is 11.0 Å². The van der Waals surface area contributed by atoms with Crippen molar-refractivity contribution in [2.24, 2.45) is 5.92 Å².